The highest BCUT2D eigenvalue weighted by Gasteiger charge is 2.28. The van der Waals surface area contributed by atoms with Gasteiger partial charge in [-0.3, -0.25) is 4.79 Å². The minimum Gasteiger partial charge on any atom is -0.467 e. The van der Waals surface area contributed by atoms with E-state index in [9.17, 15) is 14.7 Å². The van der Waals surface area contributed by atoms with Gasteiger partial charge in [0, 0.05) is 6.42 Å². The Labute approximate surface area is 262 Å². The van der Waals surface area contributed by atoms with E-state index in [1.165, 1.54) is 148 Å². The highest BCUT2D eigenvalue weighted by Crippen LogP contribution is 2.16. The summed E-state index contributed by atoms with van der Waals surface area (Å²) >= 11 is 0. The Morgan fingerprint density at radius 1 is 0.524 bits per heavy atom. The number of hydrogen-bond acceptors (Lipinski definition) is 4. The van der Waals surface area contributed by atoms with E-state index in [-0.39, 0.29) is 5.91 Å². The number of rotatable bonds is 33. The number of nitrogens with one attached hydrogen (secondary N) is 1. The van der Waals surface area contributed by atoms with Crippen molar-refractivity contribution in [1.82, 2.24) is 5.32 Å². The molecule has 0 aliphatic carbocycles. The molecular weight excluding hydrogens is 522 g/mol. The Morgan fingerprint density at radius 2 is 0.833 bits per heavy atom. The van der Waals surface area contributed by atoms with Gasteiger partial charge in [0.05, 0.1) is 13.2 Å². The van der Waals surface area contributed by atoms with Crippen LogP contribution in [0.4, 0.5) is 0 Å². The number of aliphatic hydroxyl groups is 1. The van der Waals surface area contributed by atoms with Crippen LogP contribution in [0, 0.1) is 0 Å². The molecule has 0 spiro atoms. The lowest BCUT2D eigenvalue weighted by Gasteiger charge is -2.22. The fourth-order valence-electron chi connectivity index (χ4n) is 5.88. The molecule has 2 atom stereocenters. The first kappa shape index (κ1) is 40.9. The van der Waals surface area contributed by atoms with Crippen molar-refractivity contribution in [2.75, 3.05) is 7.11 Å². The second kappa shape index (κ2) is 32.8. The van der Waals surface area contributed by atoms with Crippen molar-refractivity contribution in [3.63, 3.8) is 0 Å². The fraction of sp³-hybridized carbons (Fsp3) is 0.946. The van der Waals surface area contributed by atoms with Crippen molar-refractivity contribution in [1.29, 1.82) is 0 Å². The van der Waals surface area contributed by atoms with Crippen LogP contribution >= 0.6 is 0 Å². The maximum Gasteiger partial charge on any atom is 0.331 e. The first-order valence-electron chi connectivity index (χ1n) is 18.6. The Balaban J connectivity index is 3.77. The predicted molar refractivity (Wildman–Crippen MR) is 180 cm³/mol. The molecule has 0 rings (SSSR count). The number of carbonyl (C=O) groups is 2. The number of carbonyl (C=O) groups excluding carboxylic acids is 2. The minimum absolute atomic E-state index is 0.162. The molecule has 0 saturated heterocycles. The molecule has 0 saturated carbocycles. The molecule has 0 heterocycles. The zero-order chi connectivity index (χ0) is 30.9. The maximum absolute atomic E-state index is 12.5. The fourth-order valence-corrected chi connectivity index (χ4v) is 5.88. The molecule has 0 aromatic rings. The quantitative estimate of drug-likeness (QED) is 0.0584. The standard InChI is InChI=1S/C37H73NO4/c1-4-6-8-10-12-14-16-18-19-21-23-25-27-29-31-33-35(40)38-36(37(41)42-3)34(39)32-30-28-26-24-22-20-17-15-13-11-9-7-5-2/h34,36,39H,4-33H2,1-3H3,(H,38,40)/t34-,36-/m1/s1. The summed E-state index contributed by atoms with van der Waals surface area (Å²) in [6.45, 7) is 4.53. The zero-order valence-corrected chi connectivity index (χ0v) is 28.5. The summed E-state index contributed by atoms with van der Waals surface area (Å²) in [6.07, 6.45) is 35.9. The Kier molecular flexibility index (Phi) is 31.9. The van der Waals surface area contributed by atoms with Gasteiger partial charge in [-0.15, -0.1) is 0 Å². The highest BCUT2D eigenvalue weighted by atomic mass is 16.5. The van der Waals surface area contributed by atoms with Crippen LogP contribution in [0.25, 0.3) is 0 Å². The third-order valence-corrected chi connectivity index (χ3v) is 8.77. The first-order chi connectivity index (χ1) is 20.6. The minimum atomic E-state index is -0.962. The number of aliphatic hydroxyl groups excluding tert-OH is 1. The molecular formula is C37H73NO4. The van der Waals surface area contributed by atoms with Gasteiger partial charge < -0.3 is 15.2 Å². The predicted octanol–water partition coefficient (Wildman–Crippen LogP) is 10.7. The van der Waals surface area contributed by atoms with Crippen LogP contribution in [0.3, 0.4) is 0 Å². The summed E-state index contributed by atoms with van der Waals surface area (Å²) in [5, 5.41) is 13.4. The average Bonchev–Trinajstić information content (AvgIpc) is 2.99. The average molecular weight is 596 g/mol. The van der Waals surface area contributed by atoms with Crippen molar-refractivity contribution in [2.24, 2.45) is 0 Å². The molecule has 0 aliphatic heterocycles. The van der Waals surface area contributed by atoms with Crippen LogP contribution in [-0.2, 0) is 14.3 Å². The van der Waals surface area contributed by atoms with Gasteiger partial charge in [0.2, 0.25) is 5.91 Å². The van der Waals surface area contributed by atoms with Crippen molar-refractivity contribution in [3.05, 3.63) is 0 Å². The molecule has 0 radical (unpaired) electrons. The van der Waals surface area contributed by atoms with E-state index in [1.807, 2.05) is 0 Å². The van der Waals surface area contributed by atoms with E-state index in [1.54, 1.807) is 0 Å². The lowest BCUT2D eigenvalue weighted by molar-refractivity contribution is -0.148. The van der Waals surface area contributed by atoms with Gasteiger partial charge in [-0.25, -0.2) is 4.79 Å². The van der Waals surface area contributed by atoms with E-state index in [0.29, 0.717) is 12.8 Å². The number of esters is 1. The Morgan fingerprint density at radius 3 is 1.17 bits per heavy atom. The number of unbranched alkanes of at least 4 members (excludes halogenated alkanes) is 26. The second-order valence-corrected chi connectivity index (χ2v) is 12.9. The summed E-state index contributed by atoms with van der Waals surface area (Å²) < 4.78 is 4.87. The van der Waals surface area contributed by atoms with Gasteiger partial charge in [0.15, 0.2) is 6.04 Å². The number of ether oxygens (including phenoxy) is 1. The topological polar surface area (TPSA) is 75.6 Å². The largest absolute Gasteiger partial charge is 0.467 e. The van der Waals surface area contributed by atoms with E-state index in [2.05, 4.69) is 19.2 Å². The molecule has 5 nitrogen and oxygen atoms in total. The van der Waals surface area contributed by atoms with E-state index in [4.69, 9.17) is 4.74 Å². The van der Waals surface area contributed by atoms with Gasteiger partial charge in [-0.2, -0.15) is 0 Å². The first-order valence-corrected chi connectivity index (χ1v) is 18.6. The summed E-state index contributed by atoms with van der Waals surface area (Å²) in [5.74, 6) is -0.716. The van der Waals surface area contributed by atoms with Crippen molar-refractivity contribution >= 4 is 11.9 Å². The Hall–Kier alpha value is -1.10. The smallest absolute Gasteiger partial charge is 0.331 e. The Bertz CT molecular complexity index is 582. The van der Waals surface area contributed by atoms with Gasteiger partial charge in [-0.1, -0.05) is 187 Å². The molecule has 0 unspecified atom stereocenters. The van der Waals surface area contributed by atoms with Gasteiger partial charge in [-0.05, 0) is 12.8 Å². The number of amides is 1. The third kappa shape index (κ3) is 27.7. The van der Waals surface area contributed by atoms with Gasteiger partial charge >= 0.3 is 5.97 Å². The molecule has 2 N–H and O–H groups in total. The molecule has 0 aromatic heterocycles. The summed E-state index contributed by atoms with van der Waals surface area (Å²) in [7, 11) is 1.31. The lowest BCUT2D eigenvalue weighted by Crippen LogP contribution is -2.49. The molecule has 5 heteroatoms. The van der Waals surface area contributed by atoms with Crippen LogP contribution in [-0.4, -0.2) is 36.2 Å². The van der Waals surface area contributed by atoms with Gasteiger partial charge in [0.1, 0.15) is 0 Å². The molecule has 0 aliphatic rings. The SMILES string of the molecule is CCCCCCCCCCCCCCCCCC(=O)N[C@@H](C(=O)OC)[C@H](O)CCCCCCCCCCCCCCC. The van der Waals surface area contributed by atoms with Gasteiger partial charge in [0.25, 0.3) is 0 Å². The number of methoxy groups -OCH3 is 1. The van der Waals surface area contributed by atoms with Crippen LogP contribution in [0.1, 0.15) is 206 Å². The van der Waals surface area contributed by atoms with Crippen LogP contribution in [0.5, 0.6) is 0 Å². The van der Waals surface area contributed by atoms with Crippen LogP contribution in [0.15, 0.2) is 0 Å². The molecule has 42 heavy (non-hydrogen) atoms. The molecule has 1 amide bonds. The normalized spacial score (nSPS) is 12.8. The zero-order valence-electron chi connectivity index (χ0n) is 28.5. The molecule has 250 valence electrons. The summed E-state index contributed by atoms with van der Waals surface area (Å²) in [6, 6.07) is -0.962. The van der Waals surface area contributed by atoms with Crippen LogP contribution in [0.2, 0.25) is 0 Å². The maximum atomic E-state index is 12.5. The van der Waals surface area contributed by atoms with E-state index < -0.39 is 18.1 Å². The second-order valence-electron chi connectivity index (χ2n) is 12.9. The highest BCUT2D eigenvalue weighted by molar-refractivity contribution is 5.84. The van der Waals surface area contributed by atoms with Crippen molar-refractivity contribution < 1.29 is 19.4 Å². The summed E-state index contributed by atoms with van der Waals surface area (Å²) in [4.78, 5) is 24.7. The third-order valence-electron chi connectivity index (χ3n) is 8.77. The van der Waals surface area contributed by atoms with Crippen LogP contribution < -0.4 is 5.32 Å². The van der Waals surface area contributed by atoms with Crippen molar-refractivity contribution in [2.45, 2.75) is 219 Å². The van der Waals surface area contributed by atoms with E-state index in [0.717, 1.165) is 38.5 Å². The molecule has 0 fully saturated rings. The monoisotopic (exact) mass is 596 g/mol. The number of hydrogen-bond donors (Lipinski definition) is 2. The lowest BCUT2D eigenvalue weighted by atomic mass is 10.0. The molecule has 0 bridgehead atoms. The van der Waals surface area contributed by atoms with Crippen molar-refractivity contribution in [3.8, 4) is 0 Å². The molecule has 0 aromatic carbocycles. The van der Waals surface area contributed by atoms with E-state index >= 15 is 0 Å². The summed E-state index contributed by atoms with van der Waals surface area (Å²) in [5.41, 5.74) is 0.